The molecule has 0 saturated carbocycles. The van der Waals surface area contributed by atoms with Crippen LogP contribution in [0.25, 0.3) is 49.9 Å². The Morgan fingerprint density at radius 3 is 1.40 bits per heavy atom. The smallest absolute Gasteiger partial charge is 0.229 e. The van der Waals surface area contributed by atoms with Gasteiger partial charge in [0.1, 0.15) is 23.1 Å². The number of carbonyl (C=O) groups is 2. The summed E-state index contributed by atoms with van der Waals surface area (Å²) in [6, 6.07) is 45.1. The van der Waals surface area contributed by atoms with Crippen molar-refractivity contribution in [3.63, 3.8) is 0 Å². The fraction of sp³-hybridized carbons (Fsp3) is 0.270. The van der Waals surface area contributed by atoms with E-state index in [4.69, 9.17) is 14.6 Å². The minimum atomic E-state index is -0.155. The summed E-state index contributed by atoms with van der Waals surface area (Å²) in [6.45, 7) is 17.4. The third kappa shape index (κ3) is 14.1. The molecule has 6 aromatic carbocycles. The molecular formula is C63H67BrN4O5. The highest BCUT2D eigenvalue weighted by atomic mass is 79.9. The SMILES string of the molecule is COc1ccc(-c2ccc(CN(C(=O)CC(C)(C)C)c3nccc4cc(/C=C\CO)ccc34)cc2)cc1C.COc1ccc(-c2ccc(CN(C(=O)CC(C)(C)C)c3nccc4cc(Br)ccc34)cc2)cc1C. The lowest BCUT2D eigenvalue weighted by Crippen LogP contribution is -2.34. The molecule has 0 aliphatic carbocycles. The van der Waals surface area contributed by atoms with Crippen molar-refractivity contribution < 1.29 is 24.2 Å². The van der Waals surface area contributed by atoms with Gasteiger partial charge >= 0.3 is 0 Å². The van der Waals surface area contributed by atoms with Gasteiger partial charge < -0.3 is 14.6 Å². The standard InChI is InChI=1S/C33H36N2O3.C30H31BrN2O2/c1-23-19-27(13-15-30(23)38-5)26-11-8-25(9-12-26)22-35(31(37)21-33(2,3)4)32-29-14-10-24(7-6-18-36)20-28(29)16-17-34-32;1-20-16-23(10-13-27(20)35-5)22-8-6-21(7-9-22)19-33(28(34)18-30(2,3)4)29-26-12-11-25(31)17-24(26)14-15-32-29/h6-17,19-20,36H,18,21-22H2,1-5H3;6-17H,18-19H2,1-5H3/b7-6-;. The predicted molar refractivity (Wildman–Crippen MR) is 304 cm³/mol. The van der Waals surface area contributed by atoms with Crippen LogP contribution < -0.4 is 19.3 Å². The van der Waals surface area contributed by atoms with Crippen LogP contribution in [0.15, 0.2) is 156 Å². The van der Waals surface area contributed by atoms with Crippen molar-refractivity contribution in [2.75, 3.05) is 30.6 Å². The van der Waals surface area contributed by atoms with Crippen LogP contribution in [0.4, 0.5) is 11.6 Å². The van der Waals surface area contributed by atoms with Crippen molar-refractivity contribution in [1.82, 2.24) is 9.97 Å². The number of amides is 2. The number of benzene rings is 6. The third-order valence-corrected chi connectivity index (χ3v) is 12.9. The third-order valence-electron chi connectivity index (χ3n) is 12.4. The molecule has 10 heteroatoms. The molecular weight excluding hydrogens is 973 g/mol. The Bertz CT molecular complexity index is 3240. The number of aryl methyl sites for hydroxylation is 2. The molecule has 2 amide bonds. The van der Waals surface area contributed by atoms with E-state index in [1.807, 2.05) is 84.3 Å². The Morgan fingerprint density at radius 2 is 0.986 bits per heavy atom. The van der Waals surface area contributed by atoms with Crippen LogP contribution in [0, 0.1) is 24.7 Å². The van der Waals surface area contributed by atoms with E-state index >= 15 is 0 Å². The van der Waals surface area contributed by atoms with Gasteiger partial charge in [0, 0.05) is 40.5 Å². The first-order valence-corrected chi connectivity index (χ1v) is 25.4. The number of aliphatic hydroxyl groups is 1. The molecule has 0 saturated heterocycles. The minimum Gasteiger partial charge on any atom is -0.496 e. The summed E-state index contributed by atoms with van der Waals surface area (Å²) in [7, 11) is 3.37. The van der Waals surface area contributed by atoms with Gasteiger partial charge in [-0.25, -0.2) is 9.97 Å². The van der Waals surface area contributed by atoms with E-state index < -0.39 is 0 Å². The fourth-order valence-corrected chi connectivity index (χ4v) is 9.16. The van der Waals surface area contributed by atoms with Crippen LogP contribution >= 0.6 is 15.9 Å². The second-order valence-electron chi connectivity index (χ2n) is 20.9. The molecule has 0 radical (unpaired) electrons. The highest BCUT2D eigenvalue weighted by molar-refractivity contribution is 9.10. The topological polar surface area (TPSA) is 105 Å². The summed E-state index contributed by atoms with van der Waals surface area (Å²) in [4.78, 5) is 40.1. The van der Waals surface area contributed by atoms with E-state index in [-0.39, 0.29) is 29.3 Å². The molecule has 0 unspecified atom stereocenters. The minimum absolute atomic E-state index is 0.00836. The summed E-state index contributed by atoms with van der Waals surface area (Å²) in [5.41, 5.74) is 9.47. The van der Waals surface area contributed by atoms with Crippen LogP contribution in [0.3, 0.4) is 0 Å². The second kappa shape index (κ2) is 23.6. The largest absolute Gasteiger partial charge is 0.496 e. The van der Waals surface area contributed by atoms with Gasteiger partial charge in [-0.1, -0.05) is 142 Å². The van der Waals surface area contributed by atoms with Crippen molar-refractivity contribution in [3.8, 4) is 33.8 Å². The number of aromatic nitrogens is 2. The highest BCUT2D eigenvalue weighted by Gasteiger charge is 2.27. The Balaban J connectivity index is 0.000000214. The number of carbonyl (C=O) groups excluding carboxylic acids is 2. The van der Waals surface area contributed by atoms with Gasteiger partial charge in [-0.3, -0.25) is 19.4 Å². The van der Waals surface area contributed by atoms with Crippen molar-refractivity contribution >= 4 is 67.0 Å². The second-order valence-corrected chi connectivity index (χ2v) is 21.8. The van der Waals surface area contributed by atoms with E-state index in [2.05, 4.69) is 146 Å². The average Bonchev–Trinajstić information content (AvgIpc) is 3.35. The number of methoxy groups -OCH3 is 2. The zero-order valence-electron chi connectivity index (χ0n) is 43.8. The molecule has 1 N–H and O–H groups in total. The highest BCUT2D eigenvalue weighted by Crippen LogP contribution is 2.34. The van der Waals surface area contributed by atoms with E-state index in [0.717, 1.165) is 87.6 Å². The van der Waals surface area contributed by atoms with Crippen LogP contribution in [-0.4, -0.2) is 47.7 Å². The maximum Gasteiger partial charge on any atom is 0.229 e. The zero-order valence-corrected chi connectivity index (χ0v) is 45.4. The molecule has 376 valence electrons. The predicted octanol–water partition coefficient (Wildman–Crippen LogP) is 15.1. The van der Waals surface area contributed by atoms with Gasteiger partial charge in [0.2, 0.25) is 11.8 Å². The normalized spacial score (nSPS) is 11.6. The number of hydrogen-bond donors (Lipinski definition) is 1. The quantitative estimate of drug-likeness (QED) is 0.116. The molecule has 8 aromatic rings. The van der Waals surface area contributed by atoms with Crippen LogP contribution in [-0.2, 0) is 22.7 Å². The van der Waals surface area contributed by atoms with Crippen LogP contribution in [0.5, 0.6) is 11.5 Å². The maximum atomic E-state index is 13.6. The number of nitrogens with zero attached hydrogens (tertiary/aromatic N) is 4. The molecule has 0 bridgehead atoms. The van der Waals surface area contributed by atoms with Crippen molar-refractivity contribution in [1.29, 1.82) is 0 Å². The van der Waals surface area contributed by atoms with Gasteiger partial charge in [0.15, 0.2) is 0 Å². The number of rotatable bonds is 14. The van der Waals surface area contributed by atoms with Gasteiger partial charge in [-0.2, -0.15) is 0 Å². The first-order valence-electron chi connectivity index (χ1n) is 24.6. The molecule has 0 fully saturated rings. The average molecular weight is 1040 g/mol. The number of fused-ring (bicyclic) bond motifs is 2. The number of pyridine rings is 2. The molecule has 0 spiro atoms. The summed E-state index contributed by atoms with van der Waals surface area (Å²) in [5, 5.41) is 13.0. The Morgan fingerprint density at radius 1 is 0.562 bits per heavy atom. The molecule has 0 atom stereocenters. The summed E-state index contributed by atoms with van der Waals surface area (Å²) in [5.74, 6) is 3.21. The van der Waals surface area contributed by atoms with Gasteiger partial charge in [-0.05, 0) is 146 Å². The molecule has 73 heavy (non-hydrogen) atoms. The van der Waals surface area contributed by atoms with E-state index in [1.54, 1.807) is 32.7 Å². The number of anilines is 2. The molecule has 9 nitrogen and oxygen atoms in total. The lowest BCUT2D eigenvalue weighted by molar-refractivity contribution is -0.121. The fourth-order valence-electron chi connectivity index (χ4n) is 8.78. The van der Waals surface area contributed by atoms with Gasteiger partial charge in [-0.15, -0.1) is 0 Å². The summed E-state index contributed by atoms with van der Waals surface area (Å²) < 4.78 is 11.8. The molecule has 2 heterocycles. The van der Waals surface area contributed by atoms with Crippen molar-refractivity contribution in [3.05, 3.63) is 184 Å². The molecule has 0 aliphatic heterocycles. The maximum absolute atomic E-state index is 13.6. The number of hydrogen-bond acceptors (Lipinski definition) is 7. The Hall–Kier alpha value is -7.14. The van der Waals surface area contributed by atoms with Crippen LogP contribution in [0.1, 0.15) is 82.2 Å². The van der Waals surface area contributed by atoms with Gasteiger partial charge in [0.25, 0.3) is 0 Å². The lowest BCUT2D eigenvalue weighted by atomic mass is 9.91. The molecule has 0 aliphatic rings. The van der Waals surface area contributed by atoms with E-state index in [1.165, 1.54) is 0 Å². The monoisotopic (exact) mass is 1040 g/mol. The number of aliphatic hydroxyl groups excluding tert-OH is 1. The van der Waals surface area contributed by atoms with E-state index in [9.17, 15) is 9.59 Å². The summed E-state index contributed by atoms with van der Waals surface area (Å²) >= 11 is 3.55. The van der Waals surface area contributed by atoms with Crippen molar-refractivity contribution in [2.45, 2.75) is 81.3 Å². The Kier molecular flexibility index (Phi) is 17.3. The van der Waals surface area contributed by atoms with E-state index in [0.29, 0.717) is 37.6 Å². The van der Waals surface area contributed by atoms with Crippen molar-refractivity contribution in [2.24, 2.45) is 10.8 Å². The first kappa shape index (κ1) is 53.7. The van der Waals surface area contributed by atoms with Crippen LogP contribution in [0.2, 0.25) is 0 Å². The number of halogens is 1. The Labute approximate surface area is 439 Å². The molecule has 8 rings (SSSR count). The lowest BCUT2D eigenvalue weighted by Gasteiger charge is -2.27. The first-order chi connectivity index (χ1) is 34.8. The summed E-state index contributed by atoms with van der Waals surface area (Å²) in [6.07, 6.45) is 7.96. The molecule has 2 aromatic heterocycles. The zero-order chi connectivity index (χ0) is 52.5. The van der Waals surface area contributed by atoms with Gasteiger partial charge in [0.05, 0.1) is 33.9 Å². The number of ether oxygens (including phenoxy) is 2.